The van der Waals surface area contributed by atoms with Gasteiger partial charge in [-0.1, -0.05) is 48.5 Å². The summed E-state index contributed by atoms with van der Waals surface area (Å²) in [6, 6.07) is 26.5. The van der Waals surface area contributed by atoms with Crippen molar-refractivity contribution in [1.82, 2.24) is 0 Å². The van der Waals surface area contributed by atoms with Crippen molar-refractivity contribution in [3.63, 3.8) is 0 Å². The maximum absolute atomic E-state index is 13.5. The predicted molar refractivity (Wildman–Crippen MR) is 144 cm³/mol. The number of carbonyl (C=O) groups is 2. The number of methoxy groups -OCH3 is 1. The number of Topliss-reactive ketones (excluding diaryl/α,β-unsaturated/α-hetero) is 1. The third kappa shape index (κ3) is 4.42. The van der Waals surface area contributed by atoms with E-state index >= 15 is 0 Å². The van der Waals surface area contributed by atoms with Crippen LogP contribution in [0.1, 0.15) is 31.0 Å². The van der Waals surface area contributed by atoms with Gasteiger partial charge in [-0.3, -0.25) is 14.5 Å². The normalized spacial score (nSPS) is 17.0. The Kier molecular flexibility index (Phi) is 6.40. The molecule has 1 aliphatic rings. The Morgan fingerprint density at radius 1 is 0.865 bits per heavy atom. The number of amides is 1. The van der Waals surface area contributed by atoms with Crippen molar-refractivity contribution in [3.05, 3.63) is 108 Å². The van der Waals surface area contributed by atoms with Crippen LogP contribution in [0.25, 0.3) is 16.5 Å². The predicted octanol–water partition coefficient (Wildman–Crippen LogP) is 6.26. The SMILES string of the molecule is COc1cccc(N2C(=O)C(=O)/C(=C(\O)c3ccc(OC(C)C)cc3)C2c2cccc3ccccc23)c1. The summed E-state index contributed by atoms with van der Waals surface area (Å²) in [5.41, 5.74) is 1.69. The topological polar surface area (TPSA) is 76.1 Å². The molecule has 6 heteroatoms. The first-order valence-corrected chi connectivity index (χ1v) is 12.1. The van der Waals surface area contributed by atoms with Crippen molar-refractivity contribution >= 4 is 33.9 Å². The fraction of sp³-hybridized carbons (Fsp3) is 0.161. The van der Waals surface area contributed by atoms with E-state index < -0.39 is 17.7 Å². The maximum atomic E-state index is 13.5. The van der Waals surface area contributed by atoms with Crippen LogP contribution in [0.2, 0.25) is 0 Å². The van der Waals surface area contributed by atoms with E-state index in [-0.39, 0.29) is 17.4 Å². The molecule has 0 aromatic heterocycles. The van der Waals surface area contributed by atoms with Gasteiger partial charge in [-0.15, -0.1) is 0 Å². The Labute approximate surface area is 215 Å². The zero-order valence-electron chi connectivity index (χ0n) is 20.8. The molecule has 0 radical (unpaired) electrons. The summed E-state index contributed by atoms with van der Waals surface area (Å²) in [5.74, 6) is -0.503. The second-order valence-electron chi connectivity index (χ2n) is 9.13. The van der Waals surface area contributed by atoms with Gasteiger partial charge in [0, 0.05) is 17.3 Å². The smallest absolute Gasteiger partial charge is 0.300 e. The van der Waals surface area contributed by atoms with Gasteiger partial charge in [0.05, 0.1) is 24.8 Å². The highest BCUT2D eigenvalue weighted by molar-refractivity contribution is 6.52. The number of benzene rings is 4. The van der Waals surface area contributed by atoms with E-state index in [0.29, 0.717) is 22.7 Å². The van der Waals surface area contributed by atoms with Crippen molar-refractivity contribution in [2.75, 3.05) is 12.0 Å². The molecule has 5 rings (SSSR count). The Morgan fingerprint density at radius 3 is 2.30 bits per heavy atom. The van der Waals surface area contributed by atoms with Gasteiger partial charge in [-0.05, 0) is 66.6 Å². The Hall–Kier alpha value is -4.58. The highest BCUT2D eigenvalue weighted by Crippen LogP contribution is 2.44. The van der Waals surface area contributed by atoms with E-state index in [0.717, 1.165) is 16.3 Å². The van der Waals surface area contributed by atoms with Crippen molar-refractivity contribution in [2.45, 2.75) is 26.0 Å². The molecule has 186 valence electrons. The number of anilines is 1. The molecule has 37 heavy (non-hydrogen) atoms. The third-order valence-corrected chi connectivity index (χ3v) is 6.39. The van der Waals surface area contributed by atoms with Gasteiger partial charge in [0.25, 0.3) is 11.7 Å². The van der Waals surface area contributed by atoms with Crippen LogP contribution in [0.3, 0.4) is 0 Å². The van der Waals surface area contributed by atoms with Crippen molar-refractivity contribution < 1.29 is 24.2 Å². The quantitative estimate of drug-likeness (QED) is 0.195. The molecule has 1 fully saturated rings. The Morgan fingerprint density at radius 2 is 1.57 bits per heavy atom. The van der Waals surface area contributed by atoms with Gasteiger partial charge >= 0.3 is 0 Å². The zero-order chi connectivity index (χ0) is 26.1. The van der Waals surface area contributed by atoms with Crippen molar-refractivity contribution in [1.29, 1.82) is 0 Å². The molecule has 1 aliphatic heterocycles. The number of rotatable bonds is 6. The number of fused-ring (bicyclic) bond motifs is 1. The largest absolute Gasteiger partial charge is 0.507 e. The van der Waals surface area contributed by atoms with E-state index in [4.69, 9.17) is 9.47 Å². The molecule has 1 amide bonds. The summed E-state index contributed by atoms with van der Waals surface area (Å²) in [4.78, 5) is 28.5. The molecule has 1 saturated heterocycles. The molecule has 1 unspecified atom stereocenters. The number of nitrogens with zero attached hydrogens (tertiary/aromatic N) is 1. The molecule has 0 spiro atoms. The lowest BCUT2D eigenvalue weighted by Gasteiger charge is -2.26. The van der Waals surface area contributed by atoms with Crippen LogP contribution in [0.15, 0.2) is 96.6 Å². The molecule has 1 heterocycles. The molecule has 0 saturated carbocycles. The molecule has 1 atom stereocenters. The number of aliphatic hydroxyl groups is 1. The second-order valence-corrected chi connectivity index (χ2v) is 9.13. The standard InChI is InChI=1S/C31H27NO5/c1-19(2)37-23-16-14-21(15-17-23)29(33)27-28(26-13-6-9-20-8-4-5-12-25(20)26)32(31(35)30(27)34)22-10-7-11-24(18-22)36-3/h4-19,28,33H,1-3H3/b29-27-. The average molecular weight is 494 g/mol. The third-order valence-electron chi connectivity index (χ3n) is 6.39. The number of ketones is 1. The molecule has 4 aromatic rings. The molecule has 1 N–H and O–H groups in total. The number of hydrogen-bond donors (Lipinski definition) is 1. The fourth-order valence-corrected chi connectivity index (χ4v) is 4.76. The number of ether oxygens (including phenoxy) is 2. The zero-order valence-corrected chi connectivity index (χ0v) is 20.8. The molecular formula is C31H27NO5. The van der Waals surface area contributed by atoms with Crippen LogP contribution in [-0.4, -0.2) is 30.0 Å². The van der Waals surface area contributed by atoms with E-state index in [1.165, 1.54) is 4.90 Å². The minimum absolute atomic E-state index is 0.000929. The lowest BCUT2D eigenvalue weighted by molar-refractivity contribution is -0.132. The van der Waals surface area contributed by atoms with Crippen LogP contribution in [0.5, 0.6) is 11.5 Å². The van der Waals surface area contributed by atoms with Gasteiger partial charge in [0.15, 0.2) is 0 Å². The first-order chi connectivity index (χ1) is 17.9. The minimum atomic E-state index is -0.843. The van der Waals surface area contributed by atoms with Crippen molar-refractivity contribution in [2.24, 2.45) is 0 Å². The van der Waals surface area contributed by atoms with E-state index in [1.807, 2.05) is 56.3 Å². The van der Waals surface area contributed by atoms with Crippen LogP contribution >= 0.6 is 0 Å². The number of carbonyl (C=O) groups excluding carboxylic acids is 2. The van der Waals surface area contributed by atoms with Crippen LogP contribution in [0.4, 0.5) is 5.69 Å². The first kappa shape index (κ1) is 24.1. The number of aliphatic hydroxyl groups excluding tert-OH is 1. The van der Waals surface area contributed by atoms with Gasteiger partial charge in [0.2, 0.25) is 0 Å². The average Bonchev–Trinajstić information content (AvgIpc) is 3.18. The minimum Gasteiger partial charge on any atom is -0.507 e. The van der Waals surface area contributed by atoms with Crippen molar-refractivity contribution in [3.8, 4) is 11.5 Å². The monoisotopic (exact) mass is 493 g/mol. The summed E-state index contributed by atoms with van der Waals surface area (Å²) in [5, 5.41) is 13.3. The van der Waals surface area contributed by atoms with E-state index in [9.17, 15) is 14.7 Å². The van der Waals surface area contributed by atoms with Gasteiger partial charge < -0.3 is 14.6 Å². The summed E-state index contributed by atoms with van der Waals surface area (Å²) < 4.78 is 11.1. The van der Waals surface area contributed by atoms with E-state index in [1.54, 1.807) is 55.6 Å². The van der Waals surface area contributed by atoms with Gasteiger partial charge in [0.1, 0.15) is 17.3 Å². The highest BCUT2D eigenvalue weighted by Gasteiger charge is 2.47. The van der Waals surface area contributed by atoms with Crippen LogP contribution in [0, 0.1) is 0 Å². The molecule has 0 aliphatic carbocycles. The Balaban J connectivity index is 1.73. The lowest BCUT2D eigenvalue weighted by atomic mass is 9.91. The van der Waals surface area contributed by atoms with E-state index in [2.05, 4.69) is 0 Å². The van der Waals surface area contributed by atoms with Gasteiger partial charge in [-0.2, -0.15) is 0 Å². The van der Waals surface area contributed by atoms with Gasteiger partial charge in [-0.25, -0.2) is 0 Å². The summed E-state index contributed by atoms with van der Waals surface area (Å²) in [6.07, 6.45) is -0.000929. The van der Waals surface area contributed by atoms with Crippen LogP contribution < -0.4 is 14.4 Å². The molecule has 0 bridgehead atoms. The second kappa shape index (κ2) is 9.82. The lowest BCUT2D eigenvalue weighted by Crippen LogP contribution is -2.29. The van der Waals surface area contributed by atoms with Crippen LogP contribution in [-0.2, 0) is 9.59 Å². The summed E-state index contributed by atoms with van der Waals surface area (Å²) in [6.45, 7) is 3.86. The molecule has 6 nitrogen and oxygen atoms in total. The first-order valence-electron chi connectivity index (χ1n) is 12.1. The summed E-state index contributed by atoms with van der Waals surface area (Å²) >= 11 is 0. The number of hydrogen-bond acceptors (Lipinski definition) is 5. The fourth-order valence-electron chi connectivity index (χ4n) is 4.76. The highest BCUT2D eigenvalue weighted by atomic mass is 16.5. The summed E-state index contributed by atoms with van der Waals surface area (Å²) in [7, 11) is 1.54. The Bertz CT molecular complexity index is 1520. The molecular weight excluding hydrogens is 466 g/mol. The molecule has 4 aromatic carbocycles. The maximum Gasteiger partial charge on any atom is 0.300 e.